The van der Waals surface area contributed by atoms with Crippen molar-refractivity contribution in [3.05, 3.63) is 5.82 Å². The Hall–Kier alpha value is -0.680. The van der Waals surface area contributed by atoms with Gasteiger partial charge in [0, 0.05) is 13.7 Å². The summed E-state index contributed by atoms with van der Waals surface area (Å²) in [5, 5.41) is 11.4. The molecule has 16 heavy (non-hydrogen) atoms. The highest BCUT2D eigenvalue weighted by atomic mass is 35.5. The van der Waals surface area contributed by atoms with Crippen molar-refractivity contribution < 1.29 is 4.74 Å². The molecule has 1 unspecified atom stereocenters. The van der Waals surface area contributed by atoms with E-state index in [-0.39, 0.29) is 10.8 Å². The van der Waals surface area contributed by atoms with E-state index < -0.39 is 0 Å². The van der Waals surface area contributed by atoms with Crippen LogP contribution in [0.15, 0.2) is 0 Å². The fourth-order valence-corrected chi connectivity index (χ4v) is 1.63. The second-order valence-corrected chi connectivity index (χ2v) is 5.37. The third-order valence-electron chi connectivity index (χ3n) is 2.48. The number of alkyl halides is 1. The number of rotatable bonds is 6. The molecule has 0 saturated carbocycles. The highest BCUT2D eigenvalue weighted by Crippen LogP contribution is 2.25. The van der Waals surface area contributed by atoms with Crippen LogP contribution in [-0.2, 0) is 11.3 Å². The van der Waals surface area contributed by atoms with Crippen molar-refractivity contribution in [1.82, 2.24) is 20.2 Å². The number of aromatic nitrogens is 4. The Labute approximate surface area is 101 Å². The normalized spacial score (nSPS) is 14.1. The van der Waals surface area contributed by atoms with Gasteiger partial charge in [-0.3, -0.25) is 0 Å². The maximum absolute atomic E-state index is 5.99. The minimum absolute atomic E-state index is 0.0892. The van der Waals surface area contributed by atoms with Crippen LogP contribution in [0.5, 0.6) is 0 Å². The van der Waals surface area contributed by atoms with Crippen molar-refractivity contribution in [1.29, 1.82) is 0 Å². The highest BCUT2D eigenvalue weighted by molar-refractivity contribution is 6.20. The van der Waals surface area contributed by atoms with E-state index >= 15 is 0 Å². The SMILES string of the molecule is COCCC(C)(C)Cn1nnnc1C(C)Cl. The first kappa shape index (κ1) is 13.4. The molecule has 1 atom stereocenters. The molecule has 0 radical (unpaired) electrons. The number of hydrogen-bond acceptors (Lipinski definition) is 4. The van der Waals surface area contributed by atoms with Crippen LogP contribution in [0, 0.1) is 5.41 Å². The molecular formula is C10H19ClN4O. The van der Waals surface area contributed by atoms with Crippen molar-refractivity contribution in [2.45, 2.75) is 39.1 Å². The molecule has 92 valence electrons. The van der Waals surface area contributed by atoms with Gasteiger partial charge in [-0.1, -0.05) is 13.8 Å². The van der Waals surface area contributed by atoms with Crippen LogP contribution < -0.4 is 0 Å². The lowest BCUT2D eigenvalue weighted by Gasteiger charge is -2.24. The highest BCUT2D eigenvalue weighted by Gasteiger charge is 2.22. The Balaban J connectivity index is 2.68. The summed E-state index contributed by atoms with van der Waals surface area (Å²) in [5.74, 6) is 0.715. The maximum atomic E-state index is 5.99. The number of ether oxygens (including phenoxy) is 1. The van der Waals surface area contributed by atoms with E-state index in [9.17, 15) is 0 Å². The minimum Gasteiger partial charge on any atom is -0.385 e. The Morgan fingerprint density at radius 2 is 2.19 bits per heavy atom. The van der Waals surface area contributed by atoms with Crippen molar-refractivity contribution in [3.63, 3.8) is 0 Å². The lowest BCUT2D eigenvalue weighted by atomic mass is 9.90. The van der Waals surface area contributed by atoms with E-state index in [1.165, 1.54) is 0 Å². The molecule has 0 aliphatic heterocycles. The van der Waals surface area contributed by atoms with Gasteiger partial charge in [0.1, 0.15) is 0 Å². The van der Waals surface area contributed by atoms with Gasteiger partial charge < -0.3 is 4.74 Å². The van der Waals surface area contributed by atoms with E-state index in [4.69, 9.17) is 16.3 Å². The zero-order valence-electron chi connectivity index (χ0n) is 10.3. The third-order valence-corrected chi connectivity index (χ3v) is 2.67. The van der Waals surface area contributed by atoms with Crippen molar-refractivity contribution in [3.8, 4) is 0 Å². The summed E-state index contributed by atoms with van der Waals surface area (Å²) in [6, 6.07) is 0. The average Bonchev–Trinajstić information content (AvgIpc) is 2.62. The molecule has 0 aliphatic rings. The van der Waals surface area contributed by atoms with E-state index in [2.05, 4.69) is 29.4 Å². The molecule has 1 heterocycles. The van der Waals surface area contributed by atoms with Gasteiger partial charge in [0.05, 0.1) is 11.9 Å². The summed E-state index contributed by atoms with van der Waals surface area (Å²) in [6.07, 6.45) is 0.958. The molecule has 0 aromatic carbocycles. The van der Waals surface area contributed by atoms with Crippen LogP contribution >= 0.6 is 11.6 Å². The van der Waals surface area contributed by atoms with E-state index in [0.717, 1.165) is 19.6 Å². The first-order valence-electron chi connectivity index (χ1n) is 5.35. The molecule has 0 saturated heterocycles. The molecule has 0 fully saturated rings. The van der Waals surface area contributed by atoms with Crippen LogP contribution in [0.4, 0.5) is 0 Å². The quantitative estimate of drug-likeness (QED) is 0.721. The fourth-order valence-electron chi connectivity index (χ4n) is 1.47. The first-order valence-corrected chi connectivity index (χ1v) is 5.79. The molecule has 5 nitrogen and oxygen atoms in total. The number of hydrogen-bond donors (Lipinski definition) is 0. The van der Waals surface area contributed by atoms with Gasteiger partial charge in [-0.15, -0.1) is 16.7 Å². The molecule has 0 bridgehead atoms. The van der Waals surface area contributed by atoms with Crippen LogP contribution in [0.25, 0.3) is 0 Å². The Morgan fingerprint density at radius 1 is 1.50 bits per heavy atom. The molecule has 1 rings (SSSR count). The number of halogens is 1. The predicted molar refractivity (Wildman–Crippen MR) is 62.4 cm³/mol. The average molecular weight is 247 g/mol. The standard InChI is InChI=1S/C10H19ClN4O/c1-8(11)9-12-13-14-15(9)7-10(2,3)5-6-16-4/h8H,5-7H2,1-4H3. The Morgan fingerprint density at radius 3 is 2.75 bits per heavy atom. The third kappa shape index (κ3) is 3.72. The Bertz CT molecular complexity index is 324. The number of tetrazole rings is 1. The van der Waals surface area contributed by atoms with Gasteiger partial charge in [0.25, 0.3) is 0 Å². The van der Waals surface area contributed by atoms with Gasteiger partial charge in [0.2, 0.25) is 0 Å². The summed E-state index contributed by atoms with van der Waals surface area (Å²) < 4.78 is 6.86. The van der Waals surface area contributed by atoms with Gasteiger partial charge in [-0.05, 0) is 29.2 Å². The lowest BCUT2D eigenvalue weighted by Crippen LogP contribution is -2.23. The van der Waals surface area contributed by atoms with Crippen LogP contribution in [-0.4, -0.2) is 33.9 Å². The second kappa shape index (κ2) is 5.59. The van der Waals surface area contributed by atoms with E-state index in [1.807, 2.05) is 6.92 Å². The Kier molecular flexibility index (Phi) is 4.68. The lowest BCUT2D eigenvalue weighted by molar-refractivity contribution is 0.139. The van der Waals surface area contributed by atoms with Crippen LogP contribution in [0.1, 0.15) is 38.4 Å². The topological polar surface area (TPSA) is 52.8 Å². The van der Waals surface area contributed by atoms with Gasteiger partial charge in [-0.2, -0.15) is 0 Å². The molecule has 6 heteroatoms. The second-order valence-electron chi connectivity index (χ2n) is 4.72. The summed E-state index contributed by atoms with van der Waals surface area (Å²) in [6.45, 7) is 7.68. The molecular weight excluding hydrogens is 228 g/mol. The molecule has 1 aromatic rings. The predicted octanol–water partition coefficient (Wildman–Crippen LogP) is 2.04. The summed E-state index contributed by atoms with van der Waals surface area (Å²) in [7, 11) is 1.71. The monoisotopic (exact) mass is 246 g/mol. The zero-order chi connectivity index (χ0) is 12.2. The minimum atomic E-state index is -0.173. The van der Waals surface area contributed by atoms with Crippen LogP contribution in [0.2, 0.25) is 0 Å². The first-order chi connectivity index (χ1) is 7.46. The van der Waals surface area contributed by atoms with Crippen molar-refractivity contribution in [2.24, 2.45) is 5.41 Å². The van der Waals surface area contributed by atoms with Crippen molar-refractivity contribution in [2.75, 3.05) is 13.7 Å². The van der Waals surface area contributed by atoms with Crippen molar-refractivity contribution >= 4 is 11.6 Å². The largest absolute Gasteiger partial charge is 0.385 e. The zero-order valence-corrected chi connectivity index (χ0v) is 11.0. The van der Waals surface area contributed by atoms with Gasteiger partial charge >= 0.3 is 0 Å². The molecule has 0 N–H and O–H groups in total. The molecule has 0 aliphatic carbocycles. The molecule has 0 amide bonds. The van der Waals surface area contributed by atoms with Gasteiger partial charge in [0.15, 0.2) is 5.82 Å². The van der Waals surface area contributed by atoms with E-state index in [1.54, 1.807) is 11.8 Å². The smallest absolute Gasteiger partial charge is 0.168 e. The summed E-state index contributed by atoms with van der Waals surface area (Å²) >= 11 is 5.99. The number of methoxy groups -OCH3 is 1. The van der Waals surface area contributed by atoms with Gasteiger partial charge in [-0.25, -0.2) is 4.68 Å². The fraction of sp³-hybridized carbons (Fsp3) is 0.900. The van der Waals surface area contributed by atoms with Crippen LogP contribution in [0.3, 0.4) is 0 Å². The maximum Gasteiger partial charge on any atom is 0.168 e. The summed E-state index contributed by atoms with van der Waals surface area (Å²) in [5.41, 5.74) is 0.0892. The number of nitrogens with zero attached hydrogens (tertiary/aromatic N) is 4. The summed E-state index contributed by atoms with van der Waals surface area (Å²) in [4.78, 5) is 0. The molecule has 0 spiro atoms. The molecule has 1 aromatic heterocycles. The van der Waals surface area contributed by atoms with E-state index in [0.29, 0.717) is 5.82 Å².